The van der Waals surface area contributed by atoms with Gasteiger partial charge in [-0.15, -0.1) is 0 Å². The molecule has 0 amide bonds. The summed E-state index contributed by atoms with van der Waals surface area (Å²) in [6, 6.07) is 2.17. The van der Waals surface area contributed by atoms with Crippen LogP contribution in [0.1, 0.15) is 10.6 Å². The van der Waals surface area contributed by atoms with Gasteiger partial charge in [0.25, 0.3) is 0 Å². The Morgan fingerprint density at radius 1 is 1.69 bits per heavy atom. The number of nitrogens with zero attached hydrogens (tertiary/aromatic N) is 3. The minimum atomic E-state index is -0.771. The highest BCUT2D eigenvalue weighted by Crippen LogP contribution is 2.15. The number of carbonyl (C=O) groups is 1. The number of furan rings is 1. The normalized spacial score (nSPS) is 8.92. The predicted molar refractivity (Wildman–Crippen MR) is 39.4 cm³/mol. The average Bonchev–Trinajstić information content (AvgIpc) is 2.52. The summed E-state index contributed by atoms with van der Waals surface area (Å²) in [6.45, 7) is 0. The molecule has 0 aliphatic carbocycles. The molecule has 7 nitrogen and oxygen atoms in total. The lowest BCUT2D eigenvalue weighted by Gasteiger charge is -1.81. The molecule has 0 unspecified atom stereocenters. The molecule has 1 heterocycles. The van der Waals surface area contributed by atoms with Crippen LogP contribution >= 0.6 is 0 Å². The maximum atomic E-state index is 10.9. The van der Waals surface area contributed by atoms with E-state index in [-0.39, 0.29) is 5.76 Å². The Hall–Kier alpha value is -2.27. The second kappa shape index (κ2) is 3.42. The molecule has 0 spiro atoms. The SMILES string of the molecule is [N-]=[N+]=CC(=O)c1ccc([N+](=O)[O-])o1. The highest BCUT2D eigenvalue weighted by atomic mass is 16.6. The molecule has 0 aliphatic rings. The fourth-order valence-corrected chi connectivity index (χ4v) is 0.674. The smallest absolute Gasteiger partial charge is 0.397 e. The molecule has 13 heavy (non-hydrogen) atoms. The molecule has 1 aromatic rings. The van der Waals surface area contributed by atoms with Crippen LogP contribution in [0.5, 0.6) is 0 Å². The van der Waals surface area contributed by atoms with Gasteiger partial charge in [0.05, 0.1) is 6.07 Å². The molecule has 0 aliphatic heterocycles. The van der Waals surface area contributed by atoms with E-state index in [4.69, 9.17) is 5.53 Å². The molecule has 66 valence electrons. The second-order valence-electron chi connectivity index (χ2n) is 2.00. The monoisotopic (exact) mass is 181 g/mol. The summed E-state index contributed by atoms with van der Waals surface area (Å²) in [5, 5.41) is 10.1. The predicted octanol–water partition coefficient (Wildman–Crippen LogP) is 0.671. The summed E-state index contributed by atoms with van der Waals surface area (Å²) in [5.74, 6) is -1.52. The number of hydrogen-bond donors (Lipinski definition) is 0. The van der Waals surface area contributed by atoms with E-state index in [9.17, 15) is 14.9 Å². The van der Waals surface area contributed by atoms with Crippen molar-refractivity contribution >= 4 is 17.9 Å². The Balaban J connectivity index is 2.98. The summed E-state index contributed by atoms with van der Waals surface area (Å²) in [6.07, 6.45) is 0.586. The Labute approximate surface area is 71.4 Å². The molecule has 0 atom stereocenters. The van der Waals surface area contributed by atoms with E-state index >= 15 is 0 Å². The third-order valence-electron chi connectivity index (χ3n) is 1.19. The zero-order chi connectivity index (χ0) is 9.84. The van der Waals surface area contributed by atoms with E-state index in [1.165, 1.54) is 0 Å². The fraction of sp³-hybridized carbons (Fsp3) is 0. The van der Waals surface area contributed by atoms with Gasteiger partial charge in [-0.1, -0.05) is 0 Å². The highest BCUT2D eigenvalue weighted by molar-refractivity contribution is 6.32. The quantitative estimate of drug-likeness (QED) is 0.170. The van der Waals surface area contributed by atoms with Gasteiger partial charge in [-0.3, -0.25) is 14.9 Å². The number of rotatable bonds is 3. The Morgan fingerprint density at radius 2 is 2.38 bits per heavy atom. The van der Waals surface area contributed by atoms with Crippen molar-refractivity contribution in [3.8, 4) is 0 Å². The maximum absolute atomic E-state index is 10.9. The van der Waals surface area contributed by atoms with Crippen LogP contribution in [0.25, 0.3) is 5.53 Å². The molecule has 0 saturated carbocycles. The van der Waals surface area contributed by atoms with Crippen molar-refractivity contribution in [3.05, 3.63) is 33.5 Å². The van der Waals surface area contributed by atoms with Crippen molar-refractivity contribution in [3.63, 3.8) is 0 Å². The van der Waals surface area contributed by atoms with E-state index in [0.717, 1.165) is 12.1 Å². The van der Waals surface area contributed by atoms with Crippen molar-refractivity contribution in [2.45, 2.75) is 0 Å². The van der Waals surface area contributed by atoms with Crippen LogP contribution in [0.2, 0.25) is 0 Å². The lowest BCUT2D eigenvalue weighted by atomic mass is 10.3. The first-order chi connectivity index (χ1) is 6.15. The molecule has 0 radical (unpaired) electrons. The van der Waals surface area contributed by atoms with E-state index in [1.807, 2.05) is 0 Å². The van der Waals surface area contributed by atoms with Crippen molar-refractivity contribution < 1.29 is 18.9 Å². The first-order valence-corrected chi connectivity index (χ1v) is 3.11. The Kier molecular flexibility index (Phi) is 2.32. The largest absolute Gasteiger partial charge is 0.433 e. The van der Waals surface area contributed by atoms with Crippen LogP contribution in [-0.4, -0.2) is 21.7 Å². The summed E-state index contributed by atoms with van der Waals surface area (Å²) in [7, 11) is 0. The van der Waals surface area contributed by atoms with Crippen molar-refractivity contribution in [1.29, 1.82) is 0 Å². The molecule has 0 N–H and O–H groups in total. The van der Waals surface area contributed by atoms with Gasteiger partial charge in [-0.25, -0.2) is 0 Å². The first kappa shape index (κ1) is 8.82. The van der Waals surface area contributed by atoms with E-state index in [2.05, 4.69) is 9.21 Å². The number of hydrogen-bond acceptors (Lipinski definition) is 4. The number of Topliss-reactive ketones (excluding diaryl/α,β-unsaturated/α-hetero) is 1. The molecule has 0 aromatic carbocycles. The van der Waals surface area contributed by atoms with Crippen LogP contribution < -0.4 is 0 Å². The van der Waals surface area contributed by atoms with Gasteiger partial charge in [0.15, 0.2) is 5.76 Å². The van der Waals surface area contributed by atoms with Gasteiger partial charge in [0, 0.05) is 0 Å². The molecule has 7 heteroatoms. The number of carbonyl (C=O) groups excluding carboxylic acids is 1. The minimum absolute atomic E-state index is 0.246. The molecule has 0 fully saturated rings. The van der Waals surface area contributed by atoms with Crippen molar-refractivity contribution in [2.75, 3.05) is 0 Å². The zero-order valence-corrected chi connectivity index (χ0v) is 6.21. The van der Waals surface area contributed by atoms with Gasteiger partial charge in [0.2, 0.25) is 0 Å². The lowest BCUT2D eigenvalue weighted by molar-refractivity contribution is -0.402. The van der Waals surface area contributed by atoms with Crippen LogP contribution in [-0.2, 0) is 0 Å². The first-order valence-electron chi connectivity index (χ1n) is 3.11. The summed E-state index contributed by atoms with van der Waals surface area (Å²) >= 11 is 0. The van der Waals surface area contributed by atoms with Crippen LogP contribution in [0, 0.1) is 10.1 Å². The molecule has 0 saturated heterocycles. The van der Waals surface area contributed by atoms with Gasteiger partial charge in [0.1, 0.15) is 4.92 Å². The topological polar surface area (TPSA) is 110 Å². The van der Waals surface area contributed by atoms with Gasteiger partial charge < -0.3 is 9.95 Å². The minimum Gasteiger partial charge on any atom is -0.397 e. The van der Waals surface area contributed by atoms with E-state index in [0.29, 0.717) is 6.21 Å². The standard InChI is InChI=1S/C6H3N3O4/c7-8-3-4(10)5-1-2-6(13-5)9(11)12/h1-3H. The van der Waals surface area contributed by atoms with Crippen LogP contribution in [0.3, 0.4) is 0 Å². The summed E-state index contributed by atoms with van der Waals surface area (Å²) in [4.78, 5) is 22.7. The fourth-order valence-electron chi connectivity index (χ4n) is 0.674. The molecular formula is C6H3N3O4. The summed E-state index contributed by atoms with van der Waals surface area (Å²) in [5.41, 5.74) is 7.99. The molecule has 0 bridgehead atoms. The molecule has 1 aromatic heterocycles. The Morgan fingerprint density at radius 3 is 2.85 bits per heavy atom. The van der Waals surface area contributed by atoms with Gasteiger partial charge in [-0.2, -0.15) is 4.79 Å². The molecular weight excluding hydrogens is 178 g/mol. The number of nitro groups is 1. The second-order valence-corrected chi connectivity index (χ2v) is 2.00. The van der Waals surface area contributed by atoms with E-state index in [1.54, 1.807) is 0 Å². The van der Waals surface area contributed by atoms with Gasteiger partial charge >= 0.3 is 17.9 Å². The molecule has 1 rings (SSSR count). The van der Waals surface area contributed by atoms with Crippen LogP contribution in [0.4, 0.5) is 5.88 Å². The average molecular weight is 181 g/mol. The number of ketones is 1. The third kappa shape index (κ3) is 1.85. The highest BCUT2D eigenvalue weighted by Gasteiger charge is 2.17. The van der Waals surface area contributed by atoms with Crippen LogP contribution in [0.15, 0.2) is 16.5 Å². The van der Waals surface area contributed by atoms with Crippen molar-refractivity contribution in [1.82, 2.24) is 0 Å². The van der Waals surface area contributed by atoms with E-state index < -0.39 is 16.6 Å². The van der Waals surface area contributed by atoms with Gasteiger partial charge in [-0.05, 0) is 6.07 Å². The summed E-state index contributed by atoms with van der Waals surface area (Å²) < 4.78 is 4.51. The van der Waals surface area contributed by atoms with Crippen molar-refractivity contribution in [2.24, 2.45) is 0 Å². The Bertz CT molecular complexity index is 402. The maximum Gasteiger partial charge on any atom is 0.433 e. The lowest BCUT2D eigenvalue weighted by Crippen LogP contribution is -1.98. The zero-order valence-electron chi connectivity index (χ0n) is 6.21. The third-order valence-corrected chi connectivity index (χ3v) is 1.19.